The van der Waals surface area contributed by atoms with E-state index in [1.807, 2.05) is 56.3 Å². The van der Waals surface area contributed by atoms with E-state index in [0.717, 1.165) is 27.8 Å². The molecule has 1 amide bonds. The van der Waals surface area contributed by atoms with Gasteiger partial charge in [-0.2, -0.15) is 0 Å². The summed E-state index contributed by atoms with van der Waals surface area (Å²) < 4.78 is 12.1. The largest absolute Gasteiger partial charge is 0.464 e. The smallest absolute Gasteiger partial charge is 0.422 e. The van der Waals surface area contributed by atoms with E-state index in [2.05, 4.69) is 19.3 Å². The highest BCUT2D eigenvalue weighted by atomic mass is 16.7. The van der Waals surface area contributed by atoms with Gasteiger partial charge in [-0.1, -0.05) is 56.3 Å². The van der Waals surface area contributed by atoms with Gasteiger partial charge in [-0.05, 0) is 49.4 Å². The van der Waals surface area contributed by atoms with Gasteiger partial charge in [0.2, 0.25) is 0 Å². The van der Waals surface area contributed by atoms with E-state index in [4.69, 9.17) is 9.47 Å². The van der Waals surface area contributed by atoms with Crippen LogP contribution in [0.2, 0.25) is 0 Å². The lowest BCUT2D eigenvalue weighted by atomic mass is 9.83. The van der Waals surface area contributed by atoms with Gasteiger partial charge in [-0.15, -0.1) is 0 Å². The van der Waals surface area contributed by atoms with Crippen molar-refractivity contribution >= 4 is 23.2 Å². The summed E-state index contributed by atoms with van der Waals surface area (Å²) in [5.74, 6) is -1.53. The third-order valence-corrected chi connectivity index (χ3v) is 5.55. The Balaban J connectivity index is 2.59. The molecule has 0 aromatic heterocycles. The number of rotatable bonds is 13. The number of nitrogens with one attached hydrogen (secondary N) is 1. The number of nitrogens with zero attached hydrogens (tertiary/aromatic N) is 1. The molecule has 2 N–H and O–H groups in total. The zero-order valence-electron chi connectivity index (χ0n) is 19.7. The summed E-state index contributed by atoms with van der Waals surface area (Å²) in [5.41, 5.74) is 3.70. The van der Waals surface area contributed by atoms with Crippen LogP contribution in [0, 0.1) is 5.92 Å². The SMILES string of the molecule is CCOC(C)(OCC)C(c1ccc2ccccc2c1)C(C=O)N(NCCC(C)C)C(=O)O. The van der Waals surface area contributed by atoms with E-state index < -0.39 is 23.8 Å². The monoisotopic (exact) mass is 444 g/mol. The lowest BCUT2D eigenvalue weighted by Gasteiger charge is -2.42. The molecule has 2 aromatic carbocycles. The Hall–Kier alpha value is -2.48. The maximum Gasteiger partial charge on any atom is 0.422 e. The maximum atomic E-state index is 12.4. The number of carboxylic acid groups (broad SMARTS) is 1. The van der Waals surface area contributed by atoms with Crippen LogP contribution in [-0.2, 0) is 14.3 Å². The van der Waals surface area contributed by atoms with Crippen molar-refractivity contribution in [2.45, 2.75) is 58.8 Å². The van der Waals surface area contributed by atoms with Crippen LogP contribution in [0.5, 0.6) is 0 Å². The summed E-state index contributed by atoms with van der Waals surface area (Å²) in [6.45, 7) is 10.7. The van der Waals surface area contributed by atoms with Crippen molar-refractivity contribution in [1.29, 1.82) is 0 Å². The van der Waals surface area contributed by atoms with E-state index in [1.54, 1.807) is 6.92 Å². The molecule has 0 aliphatic heterocycles. The molecule has 32 heavy (non-hydrogen) atoms. The Morgan fingerprint density at radius 3 is 2.28 bits per heavy atom. The number of fused-ring (bicyclic) bond motifs is 1. The average molecular weight is 445 g/mol. The second-order valence-corrected chi connectivity index (χ2v) is 8.34. The molecule has 0 heterocycles. The minimum atomic E-state index is -1.23. The first kappa shape index (κ1) is 25.8. The lowest BCUT2D eigenvalue weighted by molar-refractivity contribution is -0.242. The van der Waals surface area contributed by atoms with Gasteiger partial charge in [0.15, 0.2) is 5.79 Å². The minimum absolute atomic E-state index is 0.347. The van der Waals surface area contributed by atoms with Gasteiger partial charge >= 0.3 is 6.09 Å². The Labute approximate surface area is 190 Å². The van der Waals surface area contributed by atoms with E-state index in [1.165, 1.54) is 0 Å². The highest BCUT2D eigenvalue weighted by molar-refractivity contribution is 5.83. The number of benzene rings is 2. The van der Waals surface area contributed by atoms with Crippen molar-refractivity contribution < 1.29 is 24.2 Å². The van der Waals surface area contributed by atoms with Crippen LogP contribution in [0.4, 0.5) is 4.79 Å². The Bertz CT molecular complexity index is 880. The quantitative estimate of drug-likeness (QED) is 0.262. The first-order valence-corrected chi connectivity index (χ1v) is 11.2. The summed E-state index contributed by atoms with van der Waals surface area (Å²) >= 11 is 0. The normalized spacial score (nSPS) is 13.8. The highest BCUT2D eigenvalue weighted by Crippen LogP contribution is 2.38. The predicted molar refractivity (Wildman–Crippen MR) is 126 cm³/mol. The first-order valence-electron chi connectivity index (χ1n) is 11.2. The van der Waals surface area contributed by atoms with Gasteiger partial charge in [0.25, 0.3) is 0 Å². The Morgan fingerprint density at radius 1 is 1.12 bits per heavy atom. The average Bonchev–Trinajstić information content (AvgIpc) is 2.75. The van der Waals surface area contributed by atoms with Crippen molar-refractivity contribution in [2.24, 2.45) is 5.92 Å². The molecule has 0 saturated heterocycles. The van der Waals surface area contributed by atoms with E-state index in [9.17, 15) is 14.7 Å². The number of ether oxygens (including phenoxy) is 2. The molecule has 7 nitrogen and oxygen atoms in total. The van der Waals surface area contributed by atoms with Crippen LogP contribution in [0.25, 0.3) is 10.8 Å². The Morgan fingerprint density at radius 2 is 1.75 bits per heavy atom. The maximum absolute atomic E-state index is 12.4. The topological polar surface area (TPSA) is 88.1 Å². The third kappa shape index (κ3) is 6.28. The molecule has 176 valence electrons. The molecule has 7 heteroatoms. The number of hydrogen-bond acceptors (Lipinski definition) is 5. The molecule has 0 aliphatic rings. The fourth-order valence-corrected chi connectivity index (χ4v) is 4.07. The van der Waals surface area contributed by atoms with Crippen LogP contribution in [0.1, 0.15) is 52.5 Å². The predicted octanol–water partition coefficient (Wildman–Crippen LogP) is 4.81. The number of carbonyl (C=O) groups is 2. The molecule has 0 spiro atoms. The molecule has 0 aliphatic carbocycles. The van der Waals surface area contributed by atoms with Crippen molar-refractivity contribution in [2.75, 3.05) is 19.8 Å². The fourth-order valence-electron chi connectivity index (χ4n) is 4.07. The number of aldehydes is 1. The van der Waals surface area contributed by atoms with E-state index >= 15 is 0 Å². The van der Waals surface area contributed by atoms with Crippen LogP contribution < -0.4 is 5.43 Å². The minimum Gasteiger partial charge on any atom is -0.464 e. The zero-order valence-corrected chi connectivity index (χ0v) is 19.7. The summed E-state index contributed by atoms with van der Waals surface area (Å²) in [4.78, 5) is 24.6. The van der Waals surface area contributed by atoms with Gasteiger partial charge in [0, 0.05) is 19.8 Å². The Kier molecular flexibility index (Phi) is 9.62. The second kappa shape index (κ2) is 11.9. The zero-order chi connectivity index (χ0) is 23.7. The summed E-state index contributed by atoms with van der Waals surface area (Å²) in [6.07, 6.45) is 0.198. The molecular formula is C25H36N2O5. The third-order valence-electron chi connectivity index (χ3n) is 5.55. The standard InChI is InChI=1S/C25H36N2O5/c1-6-31-25(5,32-7-2)23(21-13-12-19-10-8-9-11-20(19)16-21)22(17-28)27(24(29)30)26-15-14-18(3)4/h8-13,16-18,22-23,26H,6-7,14-15H2,1-5H3,(H,29,30). The van der Waals surface area contributed by atoms with Crippen LogP contribution >= 0.6 is 0 Å². The van der Waals surface area contributed by atoms with Crippen molar-refractivity contribution in [3.8, 4) is 0 Å². The van der Waals surface area contributed by atoms with Crippen molar-refractivity contribution in [3.05, 3.63) is 48.0 Å². The number of hydrogen-bond donors (Lipinski definition) is 2. The molecule has 2 atom stereocenters. The van der Waals surface area contributed by atoms with Gasteiger partial charge in [-0.25, -0.2) is 15.2 Å². The molecule has 0 fully saturated rings. The van der Waals surface area contributed by atoms with Crippen molar-refractivity contribution in [3.63, 3.8) is 0 Å². The number of carbonyl (C=O) groups excluding carboxylic acids is 1. The van der Waals surface area contributed by atoms with Crippen LogP contribution in [-0.4, -0.2) is 54.1 Å². The number of amides is 1. The highest BCUT2D eigenvalue weighted by Gasteiger charge is 2.46. The van der Waals surface area contributed by atoms with Crippen LogP contribution in [0.3, 0.4) is 0 Å². The van der Waals surface area contributed by atoms with E-state index in [0.29, 0.717) is 32.0 Å². The fraction of sp³-hybridized carbons (Fsp3) is 0.520. The molecule has 0 bridgehead atoms. The molecule has 0 saturated carbocycles. The molecule has 2 rings (SSSR count). The number of hydrazine groups is 1. The first-order chi connectivity index (χ1) is 15.3. The van der Waals surface area contributed by atoms with Gasteiger partial charge in [0.1, 0.15) is 12.3 Å². The second-order valence-electron chi connectivity index (χ2n) is 8.34. The van der Waals surface area contributed by atoms with Gasteiger partial charge < -0.3 is 19.4 Å². The van der Waals surface area contributed by atoms with Crippen LogP contribution in [0.15, 0.2) is 42.5 Å². The summed E-state index contributed by atoms with van der Waals surface area (Å²) in [6, 6.07) is 12.7. The molecule has 2 aromatic rings. The summed E-state index contributed by atoms with van der Waals surface area (Å²) in [7, 11) is 0. The lowest BCUT2D eigenvalue weighted by Crippen LogP contribution is -2.57. The van der Waals surface area contributed by atoms with Gasteiger partial charge in [0.05, 0.1) is 5.92 Å². The molecule has 0 radical (unpaired) electrons. The van der Waals surface area contributed by atoms with E-state index in [-0.39, 0.29) is 0 Å². The molecular weight excluding hydrogens is 408 g/mol. The molecule has 2 unspecified atom stereocenters. The van der Waals surface area contributed by atoms with Crippen molar-refractivity contribution in [1.82, 2.24) is 10.4 Å². The van der Waals surface area contributed by atoms with Gasteiger partial charge in [-0.3, -0.25) is 0 Å². The summed E-state index contributed by atoms with van der Waals surface area (Å²) in [5, 5.41) is 13.0.